The van der Waals surface area contributed by atoms with Gasteiger partial charge in [0.2, 0.25) is 5.91 Å². The fourth-order valence-electron chi connectivity index (χ4n) is 1.94. The molecule has 0 radical (unpaired) electrons. The van der Waals surface area contributed by atoms with Crippen molar-refractivity contribution >= 4 is 23.2 Å². The second-order valence-corrected chi connectivity index (χ2v) is 5.37. The molecule has 17 heavy (non-hydrogen) atoms. The van der Waals surface area contributed by atoms with E-state index in [-0.39, 0.29) is 5.91 Å². The number of rotatable bonds is 4. The Bertz CT molecular complexity index is 439. The number of aliphatic carboxylic acids is 1. The van der Waals surface area contributed by atoms with Gasteiger partial charge in [0.05, 0.1) is 0 Å². The summed E-state index contributed by atoms with van der Waals surface area (Å²) >= 11 is 1.55. The lowest BCUT2D eigenvalue weighted by atomic mass is 10.1. The molecular weight excluding hydrogens is 238 g/mol. The third-order valence-corrected chi connectivity index (χ3v) is 3.65. The Labute approximate surface area is 105 Å². The number of nitrogens with zero attached hydrogens (tertiary/aromatic N) is 1. The number of aryl methyl sites for hydroxylation is 2. The molecule has 1 aromatic heterocycles. The van der Waals surface area contributed by atoms with Gasteiger partial charge in [-0.2, -0.15) is 0 Å². The van der Waals surface area contributed by atoms with Crippen LogP contribution in [-0.4, -0.2) is 28.4 Å². The van der Waals surface area contributed by atoms with Crippen molar-refractivity contribution in [3.05, 3.63) is 21.4 Å². The van der Waals surface area contributed by atoms with E-state index in [2.05, 4.69) is 0 Å². The molecule has 0 fully saturated rings. The smallest absolute Gasteiger partial charge is 0.331 e. The standard InChI is InChI=1S/C12H17NO3S/c1-5-13(9(4)14)11(12(15)16)10-6-7(2)17-8(10)3/h6,11H,5H2,1-4H3,(H,15,16). The van der Waals surface area contributed by atoms with E-state index in [4.69, 9.17) is 0 Å². The lowest BCUT2D eigenvalue weighted by Gasteiger charge is -2.26. The van der Waals surface area contributed by atoms with Gasteiger partial charge in [-0.15, -0.1) is 11.3 Å². The number of hydrogen-bond acceptors (Lipinski definition) is 3. The number of carboxylic acids is 1. The van der Waals surface area contributed by atoms with Crippen molar-refractivity contribution in [1.29, 1.82) is 0 Å². The highest BCUT2D eigenvalue weighted by atomic mass is 32.1. The molecule has 0 aliphatic carbocycles. The van der Waals surface area contributed by atoms with E-state index in [9.17, 15) is 14.7 Å². The zero-order valence-corrected chi connectivity index (χ0v) is 11.3. The predicted molar refractivity (Wildman–Crippen MR) is 67.2 cm³/mol. The molecule has 94 valence electrons. The topological polar surface area (TPSA) is 57.6 Å². The summed E-state index contributed by atoms with van der Waals surface area (Å²) in [5.41, 5.74) is 0.719. The molecule has 1 amide bonds. The van der Waals surface area contributed by atoms with Crippen molar-refractivity contribution in [2.24, 2.45) is 0 Å². The van der Waals surface area contributed by atoms with E-state index < -0.39 is 12.0 Å². The molecule has 0 aliphatic rings. The quantitative estimate of drug-likeness (QED) is 0.898. The van der Waals surface area contributed by atoms with Gasteiger partial charge in [-0.05, 0) is 32.4 Å². The Hall–Kier alpha value is -1.36. The van der Waals surface area contributed by atoms with Gasteiger partial charge in [0.1, 0.15) is 0 Å². The summed E-state index contributed by atoms with van der Waals surface area (Å²) in [5.74, 6) is -1.20. The first kappa shape index (κ1) is 13.7. The lowest BCUT2D eigenvalue weighted by Crippen LogP contribution is -2.37. The molecular formula is C12H17NO3S. The highest BCUT2D eigenvalue weighted by Crippen LogP contribution is 2.30. The number of hydrogen-bond donors (Lipinski definition) is 1. The van der Waals surface area contributed by atoms with E-state index in [1.165, 1.54) is 11.8 Å². The molecule has 0 aromatic carbocycles. The van der Waals surface area contributed by atoms with Gasteiger partial charge in [0, 0.05) is 23.2 Å². The molecule has 0 spiro atoms. The molecule has 0 saturated heterocycles. The van der Waals surface area contributed by atoms with Gasteiger partial charge in [-0.3, -0.25) is 4.79 Å². The summed E-state index contributed by atoms with van der Waals surface area (Å²) in [6.07, 6.45) is 0. The number of carboxylic acid groups (broad SMARTS) is 1. The van der Waals surface area contributed by atoms with Crippen LogP contribution in [0.1, 0.15) is 35.2 Å². The maximum Gasteiger partial charge on any atom is 0.331 e. The van der Waals surface area contributed by atoms with E-state index in [0.717, 1.165) is 15.3 Å². The summed E-state index contributed by atoms with van der Waals surface area (Å²) in [7, 11) is 0. The predicted octanol–water partition coefficient (Wildman–Crippen LogP) is 2.36. The average molecular weight is 255 g/mol. The summed E-state index contributed by atoms with van der Waals surface area (Å²) < 4.78 is 0. The highest BCUT2D eigenvalue weighted by Gasteiger charge is 2.30. The minimum absolute atomic E-state index is 0.219. The Balaban J connectivity index is 3.22. The van der Waals surface area contributed by atoms with Crippen molar-refractivity contribution in [3.8, 4) is 0 Å². The number of thiophene rings is 1. The zero-order valence-electron chi connectivity index (χ0n) is 10.5. The number of carbonyl (C=O) groups is 2. The second kappa shape index (κ2) is 5.31. The first-order valence-corrected chi connectivity index (χ1v) is 6.27. The van der Waals surface area contributed by atoms with Crippen LogP contribution in [0.5, 0.6) is 0 Å². The zero-order chi connectivity index (χ0) is 13.2. The minimum atomic E-state index is -0.983. The third kappa shape index (κ3) is 2.85. The van der Waals surface area contributed by atoms with Crippen molar-refractivity contribution in [1.82, 2.24) is 4.90 Å². The first-order valence-electron chi connectivity index (χ1n) is 5.45. The van der Waals surface area contributed by atoms with Crippen molar-refractivity contribution in [2.45, 2.75) is 33.7 Å². The van der Waals surface area contributed by atoms with Gasteiger partial charge >= 0.3 is 5.97 Å². The largest absolute Gasteiger partial charge is 0.479 e. The third-order valence-electron chi connectivity index (χ3n) is 2.66. The molecule has 4 nitrogen and oxygen atoms in total. The van der Waals surface area contributed by atoms with Gasteiger partial charge in [0.15, 0.2) is 6.04 Å². The van der Waals surface area contributed by atoms with Gasteiger partial charge < -0.3 is 10.0 Å². The molecule has 0 saturated carbocycles. The minimum Gasteiger partial charge on any atom is -0.479 e. The SMILES string of the molecule is CCN(C(C)=O)C(C(=O)O)c1cc(C)sc1C. The molecule has 1 aromatic rings. The fraction of sp³-hybridized carbons (Fsp3) is 0.500. The maximum absolute atomic E-state index is 11.5. The highest BCUT2D eigenvalue weighted by molar-refractivity contribution is 7.12. The lowest BCUT2D eigenvalue weighted by molar-refractivity contribution is -0.149. The molecule has 1 N–H and O–H groups in total. The Morgan fingerprint density at radius 2 is 2.06 bits per heavy atom. The summed E-state index contributed by atoms with van der Waals surface area (Å²) in [4.78, 5) is 26.2. The van der Waals surface area contributed by atoms with Crippen LogP contribution in [0.3, 0.4) is 0 Å². The molecule has 0 bridgehead atoms. The summed E-state index contributed by atoms with van der Waals surface area (Å²) in [6.45, 7) is 7.39. The Morgan fingerprint density at radius 3 is 2.35 bits per heavy atom. The van der Waals surface area contributed by atoms with E-state index in [0.29, 0.717) is 6.54 Å². The van der Waals surface area contributed by atoms with Crippen LogP contribution < -0.4 is 0 Å². The van der Waals surface area contributed by atoms with Gasteiger partial charge in [-0.25, -0.2) is 4.79 Å². The van der Waals surface area contributed by atoms with Crippen LogP contribution in [0, 0.1) is 13.8 Å². The molecule has 1 unspecified atom stereocenters. The van der Waals surface area contributed by atoms with E-state index >= 15 is 0 Å². The number of amides is 1. The molecule has 1 atom stereocenters. The van der Waals surface area contributed by atoms with E-state index in [1.807, 2.05) is 19.9 Å². The monoisotopic (exact) mass is 255 g/mol. The van der Waals surface area contributed by atoms with Crippen LogP contribution in [0.25, 0.3) is 0 Å². The van der Waals surface area contributed by atoms with Crippen LogP contribution in [0.4, 0.5) is 0 Å². The maximum atomic E-state index is 11.5. The fourth-order valence-corrected chi connectivity index (χ4v) is 2.90. The van der Waals surface area contributed by atoms with Crippen LogP contribution in [0.15, 0.2) is 6.07 Å². The Kier molecular flexibility index (Phi) is 4.28. The Morgan fingerprint density at radius 1 is 1.47 bits per heavy atom. The van der Waals surface area contributed by atoms with Crippen LogP contribution >= 0.6 is 11.3 Å². The van der Waals surface area contributed by atoms with Crippen molar-refractivity contribution in [2.75, 3.05) is 6.54 Å². The average Bonchev–Trinajstić information content (AvgIpc) is 2.52. The second-order valence-electron chi connectivity index (χ2n) is 3.91. The summed E-state index contributed by atoms with van der Waals surface area (Å²) in [6, 6.07) is 0.979. The van der Waals surface area contributed by atoms with Crippen LogP contribution in [-0.2, 0) is 9.59 Å². The van der Waals surface area contributed by atoms with Crippen molar-refractivity contribution < 1.29 is 14.7 Å². The van der Waals surface area contributed by atoms with Gasteiger partial charge in [0.25, 0.3) is 0 Å². The van der Waals surface area contributed by atoms with Crippen molar-refractivity contribution in [3.63, 3.8) is 0 Å². The number of carbonyl (C=O) groups excluding carboxylic acids is 1. The molecule has 1 heterocycles. The first-order chi connectivity index (χ1) is 7.88. The number of likely N-dealkylation sites (N-methyl/N-ethyl adjacent to an activating group) is 1. The molecule has 0 aliphatic heterocycles. The normalized spacial score (nSPS) is 12.2. The van der Waals surface area contributed by atoms with Gasteiger partial charge in [-0.1, -0.05) is 0 Å². The molecule has 5 heteroatoms. The van der Waals surface area contributed by atoms with Crippen LogP contribution in [0.2, 0.25) is 0 Å². The summed E-state index contributed by atoms with van der Waals surface area (Å²) in [5, 5.41) is 9.32. The van der Waals surface area contributed by atoms with E-state index in [1.54, 1.807) is 18.3 Å². The molecule has 1 rings (SSSR count).